The molecule has 23 heavy (non-hydrogen) atoms. The molecule has 0 amide bonds. The van der Waals surface area contributed by atoms with E-state index in [9.17, 15) is 5.11 Å². The van der Waals surface area contributed by atoms with E-state index < -0.39 is 0 Å². The monoisotopic (exact) mass is 349 g/mol. The lowest BCUT2D eigenvalue weighted by Crippen LogP contribution is -2.03. The highest BCUT2D eigenvalue weighted by atomic mass is 32.2. The number of thioether (sulfide) groups is 1. The first kappa shape index (κ1) is 14.9. The molecule has 1 atom stereocenters. The van der Waals surface area contributed by atoms with Gasteiger partial charge in [-0.25, -0.2) is 0 Å². The number of thiophene rings is 1. The molecule has 3 aromatic heterocycles. The molecule has 0 radical (unpaired) electrons. The zero-order valence-electron chi connectivity index (χ0n) is 12.4. The van der Waals surface area contributed by atoms with Crippen LogP contribution < -0.4 is 0 Å². The zero-order chi connectivity index (χ0) is 15.8. The SMILES string of the molecule is CC(Sc1nnc(CO)n1C1CC1)c1nnc(-c2cccs2)o1. The first-order chi connectivity index (χ1) is 11.3. The van der Waals surface area contributed by atoms with Crippen LogP contribution in [-0.2, 0) is 6.61 Å². The third-order valence-electron chi connectivity index (χ3n) is 3.59. The molecule has 0 bridgehead atoms. The molecule has 120 valence electrons. The largest absolute Gasteiger partial charge is 0.419 e. The Morgan fingerprint density at radius 3 is 2.96 bits per heavy atom. The van der Waals surface area contributed by atoms with Gasteiger partial charge in [0.1, 0.15) is 6.61 Å². The maximum Gasteiger partial charge on any atom is 0.257 e. The molecule has 7 nitrogen and oxygen atoms in total. The number of aliphatic hydroxyl groups excluding tert-OH is 1. The fourth-order valence-electron chi connectivity index (χ4n) is 2.30. The van der Waals surface area contributed by atoms with Gasteiger partial charge in [-0.05, 0) is 31.2 Å². The molecule has 3 heterocycles. The fourth-order valence-corrected chi connectivity index (χ4v) is 3.91. The summed E-state index contributed by atoms with van der Waals surface area (Å²) in [6, 6.07) is 4.32. The van der Waals surface area contributed by atoms with Crippen molar-refractivity contribution < 1.29 is 9.52 Å². The minimum Gasteiger partial charge on any atom is -0.419 e. The van der Waals surface area contributed by atoms with Gasteiger partial charge in [0.2, 0.25) is 5.89 Å². The molecule has 9 heteroatoms. The summed E-state index contributed by atoms with van der Waals surface area (Å²) in [7, 11) is 0. The summed E-state index contributed by atoms with van der Waals surface area (Å²) in [4.78, 5) is 0.963. The molecular weight excluding hydrogens is 334 g/mol. The van der Waals surface area contributed by atoms with Gasteiger partial charge in [-0.3, -0.25) is 0 Å². The highest BCUT2D eigenvalue weighted by Crippen LogP contribution is 2.42. The molecule has 0 saturated heterocycles. The summed E-state index contributed by atoms with van der Waals surface area (Å²) in [6.45, 7) is 1.91. The number of aromatic nitrogens is 5. The Bertz CT molecular complexity index is 794. The number of aliphatic hydroxyl groups is 1. The van der Waals surface area contributed by atoms with E-state index in [0.29, 0.717) is 23.6 Å². The van der Waals surface area contributed by atoms with Crippen LogP contribution in [0.25, 0.3) is 10.8 Å². The number of hydrogen-bond donors (Lipinski definition) is 1. The topological polar surface area (TPSA) is 89.9 Å². The highest BCUT2D eigenvalue weighted by molar-refractivity contribution is 7.99. The molecule has 3 aromatic rings. The highest BCUT2D eigenvalue weighted by Gasteiger charge is 2.30. The van der Waals surface area contributed by atoms with Gasteiger partial charge in [-0.2, -0.15) is 0 Å². The van der Waals surface area contributed by atoms with E-state index in [2.05, 4.69) is 20.4 Å². The van der Waals surface area contributed by atoms with Gasteiger partial charge in [-0.1, -0.05) is 17.8 Å². The van der Waals surface area contributed by atoms with Crippen LogP contribution in [0.3, 0.4) is 0 Å². The van der Waals surface area contributed by atoms with E-state index >= 15 is 0 Å². The third kappa shape index (κ3) is 2.91. The van der Waals surface area contributed by atoms with Gasteiger partial charge in [0, 0.05) is 6.04 Å². The molecular formula is C14H15N5O2S2. The molecule has 1 aliphatic rings. The predicted molar refractivity (Wildman–Crippen MR) is 86.1 cm³/mol. The summed E-state index contributed by atoms with van der Waals surface area (Å²) >= 11 is 3.09. The van der Waals surface area contributed by atoms with Crippen molar-refractivity contribution in [2.24, 2.45) is 0 Å². The molecule has 0 spiro atoms. The van der Waals surface area contributed by atoms with E-state index in [4.69, 9.17) is 4.42 Å². The van der Waals surface area contributed by atoms with Crippen molar-refractivity contribution in [1.82, 2.24) is 25.0 Å². The average molecular weight is 349 g/mol. The number of nitrogens with zero attached hydrogens (tertiary/aromatic N) is 5. The van der Waals surface area contributed by atoms with Crippen LogP contribution in [0.5, 0.6) is 0 Å². The van der Waals surface area contributed by atoms with Crippen molar-refractivity contribution in [3.8, 4) is 10.8 Å². The number of rotatable bonds is 6. The second kappa shape index (κ2) is 6.06. The summed E-state index contributed by atoms with van der Waals surface area (Å²) in [5.41, 5.74) is 0. The molecule has 4 rings (SSSR count). The Hall–Kier alpha value is -1.71. The summed E-state index contributed by atoms with van der Waals surface area (Å²) in [6.07, 6.45) is 2.21. The standard InChI is InChI=1S/C14H15N5O2S2/c1-8(12-16-17-13(21-12)10-3-2-6-22-10)23-14-18-15-11(7-20)19(14)9-4-5-9/h2-3,6,8-9,20H,4-5,7H2,1H3. The van der Waals surface area contributed by atoms with Crippen molar-refractivity contribution in [1.29, 1.82) is 0 Å². The normalized spacial score (nSPS) is 15.9. The van der Waals surface area contributed by atoms with E-state index in [1.54, 1.807) is 11.3 Å². The van der Waals surface area contributed by atoms with E-state index in [0.717, 1.165) is 22.9 Å². The van der Waals surface area contributed by atoms with Crippen LogP contribution in [-0.4, -0.2) is 30.1 Å². The van der Waals surface area contributed by atoms with E-state index in [1.165, 1.54) is 11.8 Å². The van der Waals surface area contributed by atoms with Crippen LogP contribution >= 0.6 is 23.1 Å². The Balaban J connectivity index is 1.54. The maximum atomic E-state index is 9.40. The van der Waals surface area contributed by atoms with Crippen molar-refractivity contribution in [3.05, 3.63) is 29.2 Å². The van der Waals surface area contributed by atoms with Gasteiger partial charge in [-0.15, -0.1) is 31.7 Å². The van der Waals surface area contributed by atoms with Gasteiger partial charge in [0.25, 0.3) is 5.89 Å². The van der Waals surface area contributed by atoms with Crippen molar-refractivity contribution >= 4 is 23.1 Å². The molecule has 1 unspecified atom stereocenters. The lowest BCUT2D eigenvalue weighted by Gasteiger charge is -2.09. The van der Waals surface area contributed by atoms with Gasteiger partial charge < -0.3 is 14.1 Å². The molecule has 1 fully saturated rings. The molecule has 1 aliphatic carbocycles. The molecule has 0 aromatic carbocycles. The first-order valence-electron chi connectivity index (χ1n) is 7.35. The summed E-state index contributed by atoms with van der Waals surface area (Å²) < 4.78 is 7.80. The summed E-state index contributed by atoms with van der Waals surface area (Å²) in [5.74, 6) is 1.73. The predicted octanol–water partition coefficient (Wildman–Crippen LogP) is 3.07. The first-order valence-corrected chi connectivity index (χ1v) is 9.10. The Morgan fingerprint density at radius 2 is 2.26 bits per heavy atom. The molecule has 0 aliphatic heterocycles. The smallest absolute Gasteiger partial charge is 0.257 e. The Labute approximate surface area is 140 Å². The van der Waals surface area contributed by atoms with Crippen molar-refractivity contribution in [2.75, 3.05) is 0 Å². The lowest BCUT2D eigenvalue weighted by atomic mass is 10.5. The van der Waals surface area contributed by atoms with Crippen LogP contribution in [0.1, 0.15) is 42.8 Å². The van der Waals surface area contributed by atoms with Crippen molar-refractivity contribution in [2.45, 2.75) is 42.8 Å². The molecule has 1 N–H and O–H groups in total. The van der Waals surface area contributed by atoms with Crippen LogP contribution in [0.4, 0.5) is 0 Å². The van der Waals surface area contributed by atoms with Gasteiger partial charge in [0.05, 0.1) is 10.1 Å². The third-order valence-corrected chi connectivity index (χ3v) is 5.49. The van der Waals surface area contributed by atoms with Crippen molar-refractivity contribution in [3.63, 3.8) is 0 Å². The maximum absolute atomic E-state index is 9.40. The van der Waals surface area contributed by atoms with Gasteiger partial charge >= 0.3 is 0 Å². The van der Waals surface area contributed by atoms with Crippen LogP contribution in [0.2, 0.25) is 0 Å². The zero-order valence-corrected chi connectivity index (χ0v) is 14.0. The van der Waals surface area contributed by atoms with Crippen LogP contribution in [0, 0.1) is 0 Å². The van der Waals surface area contributed by atoms with Gasteiger partial charge in [0.15, 0.2) is 11.0 Å². The second-order valence-electron chi connectivity index (χ2n) is 5.34. The minimum absolute atomic E-state index is 0.0375. The lowest BCUT2D eigenvalue weighted by molar-refractivity contribution is 0.263. The Morgan fingerprint density at radius 1 is 1.39 bits per heavy atom. The van der Waals surface area contributed by atoms with E-state index in [-0.39, 0.29) is 11.9 Å². The fraction of sp³-hybridized carbons (Fsp3) is 0.429. The minimum atomic E-state index is -0.0957. The number of hydrogen-bond acceptors (Lipinski definition) is 8. The Kier molecular flexibility index (Phi) is 3.92. The quantitative estimate of drug-likeness (QED) is 0.684. The summed E-state index contributed by atoms with van der Waals surface area (Å²) in [5, 5.41) is 28.7. The molecule has 1 saturated carbocycles. The average Bonchev–Trinajstić information content (AvgIpc) is 3.02. The second-order valence-corrected chi connectivity index (χ2v) is 7.60. The van der Waals surface area contributed by atoms with E-state index in [1.807, 2.05) is 29.0 Å². The van der Waals surface area contributed by atoms with Crippen LogP contribution in [0.15, 0.2) is 27.1 Å².